The molecule has 0 bridgehead atoms. The van der Waals surface area contributed by atoms with Gasteiger partial charge < -0.3 is 15.8 Å². The molecule has 0 unspecified atom stereocenters. The van der Waals surface area contributed by atoms with E-state index in [-0.39, 0.29) is 17.0 Å². The van der Waals surface area contributed by atoms with Crippen molar-refractivity contribution in [1.82, 2.24) is 9.55 Å². The summed E-state index contributed by atoms with van der Waals surface area (Å²) in [5.41, 5.74) is 4.88. The topological polar surface area (TPSA) is 92.4 Å². The Morgan fingerprint density at radius 1 is 1.70 bits per heavy atom. The van der Waals surface area contributed by atoms with Crippen LogP contribution in [0, 0.1) is 0 Å². The number of nitrogens with two attached hydrogens (primary N) is 1. The van der Waals surface area contributed by atoms with E-state index in [1.54, 1.807) is 19.3 Å². The molecule has 1 heterocycles. The Bertz CT molecular complexity index is 268. The molecule has 0 amide bonds. The number of anilines is 1. The zero-order chi connectivity index (χ0) is 6.85. The van der Waals surface area contributed by atoms with Crippen LogP contribution < -0.4 is 11.4 Å². The fourth-order valence-electron chi connectivity index (χ4n) is 0.479. The molecule has 0 aliphatic heterocycles. The second-order valence-electron chi connectivity index (χ2n) is 1.75. The Hall–Kier alpha value is -1.36. The van der Waals surface area contributed by atoms with Gasteiger partial charge in [-0.25, -0.2) is 4.79 Å². The fraction of sp³-hybridized carbons (Fsp3) is 0.200. The second-order valence-corrected chi connectivity index (χ2v) is 1.75. The van der Waals surface area contributed by atoms with Gasteiger partial charge in [0.05, 0.1) is 0 Å². The maximum Gasteiger partial charge on any atom is 0.349 e. The van der Waals surface area contributed by atoms with E-state index in [9.17, 15) is 4.79 Å². The van der Waals surface area contributed by atoms with E-state index >= 15 is 0 Å². The van der Waals surface area contributed by atoms with Crippen LogP contribution in [0.5, 0.6) is 0 Å². The van der Waals surface area contributed by atoms with Crippen molar-refractivity contribution in [2.75, 3.05) is 5.73 Å². The highest BCUT2D eigenvalue weighted by Crippen LogP contribution is 1.85. The largest absolute Gasteiger partial charge is 0.412 e. The summed E-state index contributed by atoms with van der Waals surface area (Å²) in [6, 6.07) is 1.57. The van der Waals surface area contributed by atoms with E-state index in [4.69, 9.17) is 5.73 Å². The summed E-state index contributed by atoms with van der Waals surface area (Å²) >= 11 is 0. The lowest BCUT2D eigenvalue weighted by atomic mass is 10.6. The number of nitrogen functional groups attached to an aromatic ring is 1. The molecule has 5 nitrogen and oxygen atoms in total. The lowest BCUT2D eigenvalue weighted by molar-refractivity contribution is 0.814. The van der Waals surface area contributed by atoms with Crippen molar-refractivity contribution in [3.63, 3.8) is 0 Å². The van der Waals surface area contributed by atoms with Gasteiger partial charge in [-0.05, 0) is 6.07 Å². The van der Waals surface area contributed by atoms with E-state index in [2.05, 4.69) is 4.98 Å². The average molecular weight is 143 g/mol. The van der Waals surface area contributed by atoms with Crippen LogP contribution in [0.3, 0.4) is 0 Å². The fourth-order valence-corrected chi connectivity index (χ4v) is 0.479. The molecule has 0 aromatic carbocycles. The third kappa shape index (κ3) is 1.56. The number of aromatic nitrogens is 2. The van der Waals surface area contributed by atoms with Gasteiger partial charge in [-0.2, -0.15) is 4.98 Å². The number of rotatable bonds is 0. The monoisotopic (exact) mass is 143 g/mol. The van der Waals surface area contributed by atoms with Gasteiger partial charge in [-0.15, -0.1) is 0 Å². The van der Waals surface area contributed by atoms with Crippen molar-refractivity contribution < 1.29 is 5.48 Å². The third-order valence-corrected chi connectivity index (χ3v) is 0.995. The van der Waals surface area contributed by atoms with Gasteiger partial charge in [-0.3, -0.25) is 0 Å². The number of hydrogen-bond donors (Lipinski definition) is 1. The van der Waals surface area contributed by atoms with Crippen LogP contribution in [0.4, 0.5) is 5.82 Å². The molecular formula is C5H9N3O2. The predicted molar refractivity (Wildman–Crippen MR) is 37.5 cm³/mol. The van der Waals surface area contributed by atoms with Gasteiger partial charge in [0.2, 0.25) is 0 Å². The molecule has 0 aliphatic carbocycles. The molecule has 1 aromatic heterocycles. The molecule has 0 atom stereocenters. The predicted octanol–water partition coefficient (Wildman–Crippen LogP) is -1.46. The summed E-state index contributed by atoms with van der Waals surface area (Å²) < 4.78 is 1.36. The first-order valence-corrected chi connectivity index (χ1v) is 2.49. The maximum absolute atomic E-state index is 10.6. The van der Waals surface area contributed by atoms with Crippen LogP contribution in [0.1, 0.15) is 0 Å². The van der Waals surface area contributed by atoms with E-state index in [0.29, 0.717) is 0 Å². The highest BCUT2D eigenvalue weighted by atomic mass is 16.1. The van der Waals surface area contributed by atoms with Crippen LogP contribution in [0.25, 0.3) is 0 Å². The SMILES string of the molecule is Cn1ccc(N)nc1=O.O. The van der Waals surface area contributed by atoms with Gasteiger partial charge in [-0.1, -0.05) is 0 Å². The summed E-state index contributed by atoms with van der Waals surface area (Å²) in [4.78, 5) is 14.1. The number of hydrogen-bond acceptors (Lipinski definition) is 3. The van der Waals surface area contributed by atoms with Crippen molar-refractivity contribution >= 4 is 5.82 Å². The number of aryl methyl sites for hydroxylation is 1. The standard InChI is InChI=1S/C5H7N3O.H2O/c1-8-3-2-4(6)7-5(8)9;/h2-3H,1H3,(H2,6,7,9);1H2. The Morgan fingerprint density at radius 2 is 2.30 bits per heavy atom. The van der Waals surface area contributed by atoms with Gasteiger partial charge in [0.25, 0.3) is 0 Å². The van der Waals surface area contributed by atoms with Crippen molar-refractivity contribution in [3.05, 3.63) is 22.7 Å². The average Bonchev–Trinajstić information content (AvgIpc) is 1.80. The molecule has 4 N–H and O–H groups in total. The first-order valence-electron chi connectivity index (χ1n) is 2.49. The van der Waals surface area contributed by atoms with Crippen LogP contribution in [0.15, 0.2) is 17.1 Å². The van der Waals surface area contributed by atoms with Crippen LogP contribution in [0.2, 0.25) is 0 Å². The van der Waals surface area contributed by atoms with Crippen molar-refractivity contribution in [2.45, 2.75) is 0 Å². The van der Waals surface area contributed by atoms with Crippen LogP contribution in [-0.4, -0.2) is 15.0 Å². The molecule has 0 saturated carbocycles. The summed E-state index contributed by atoms with van der Waals surface area (Å²) in [7, 11) is 1.62. The quantitative estimate of drug-likeness (QED) is 0.481. The van der Waals surface area contributed by atoms with Gasteiger partial charge in [0, 0.05) is 13.2 Å². The Morgan fingerprint density at radius 3 is 2.70 bits per heavy atom. The first kappa shape index (κ1) is 8.64. The lowest BCUT2D eigenvalue weighted by Gasteiger charge is -1.92. The highest BCUT2D eigenvalue weighted by Gasteiger charge is 1.88. The Kier molecular flexibility index (Phi) is 2.57. The van der Waals surface area contributed by atoms with Gasteiger partial charge in [0.15, 0.2) is 0 Å². The van der Waals surface area contributed by atoms with E-state index < -0.39 is 0 Å². The molecule has 0 radical (unpaired) electrons. The second kappa shape index (κ2) is 2.98. The molecular weight excluding hydrogens is 134 g/mol. The molecule has 5 heteroatoms. The summed E-state index contributed by atoms with van der Waals surface area (Å²) in [5.74, 6) is 0.262. The number of nitrogens with zero attached hydrogens (tertiary/aromatic N) is 2. The molecule has 1 rings (SSSR count). The zero-order valence-corrected chi connectivity index (χ0v) is 5.53. The molecule has 0 saturated heterocycles. The van der Waals surface area contributed by atoms with Crippen LogP contribution >= 0.6 is 0 Å². The van der Waals surface area contributed by atoms with Crippen molar-refractivity contribution in [2.24, 2.45) is 7.05 Å². The van der Waals surface area contributed by atoms with E-state index in [0.717, 1.165) is 0 Å². The molecule has 10 heavy (non-hydrogen) atoms. The highest BCUT2D eigenvalue weighted by molar-refractivity contribution is 5.23. The lowest BCUT2D eigenvalue weighted by Crippen LogP contribution is -2.19. The summed E-state index contributed by atoms with van der Waals surface area (Å²) in [6.45, 7) is 0. The van der Waals surface area contributed by atoms with Crippen LogP contribution in [-0.2, 0) is 7.05 Å². The minimum atomic E-state index is -0.324. The minimum absolute atomic E-state index is 0. The van der Waals surface area contributed by atoms with Crippen molar-refractivity contribution in [3.8, 4) is 0 Å². The molecule has 0 fully saturated rings. The molecule has 56 valence electrons. The zero-order valence-electron chi connectivity index (χ0n) is 5.53. The molecule has 0 spiro atoms. The van der Waals surface area contributed by atoms with E-state index in [1.807, 2.05) is 0 Å². The van der Waals surface area contributed by atoms with Gasteiger partial charge in [0.1, 0.15) is 5.82 Å². The normalized spacial score (nSPS) is 8.50. The Balaban J connectivity index is 0.000000810. The first-order chi connectivity index (χ1) is 4.20. The Labute approximate surface area is 57.4 Å². The summed E-state index contributed by atoms with van der Waals surface area (Å²) in [5, 5.41) is 0. The minimum Gasteiger partial charge on any atom is -0.412 e. The van der Waals surface area contributed by atoms with Gasteiger partial charge >= 0.3 is 5.69 Å². The maximum atomic E-state index is 10.6. The summed E-state index contributed by atoms with van der Waals surface area (Å²) in [6.07, 6.45) is 1.57. The van der Waals surface area contributed by atoms with Crippen molar-refractivity contribution in [1.29, 1.82) is 0 Å². The molecule has 0 aliphatic rings. The molecule has 1 aromatic rings. The smallest absolute Gasteiger partial charge is 0.349 e. The van der Waals surface area contributed by atoms with E-state index in [1.165, 1.54) is 4.57 Å². The third-order valence-electron chi connectivity index (χ3n) is 0.995.